The zero-order valence-electron chi connectivity index (χ0n) is 25.0. The Bertz CT molecular complexity index is 892. The van der Waals surface area contributed by atoms with E-state index in [1.165, 1.54) is 38.5 Å². The molecule has 0 fully saturated rings. The van der Waals surface area contributed by atoms with E-state index in [2.05, 4.69) is 20.8 Å². The molecular formula is C34H54O5. The van der Waals surface area contributed by atoms with Gasteiger partial charge in [-0.15, -0.1) is 0 Å². The Balaban J connectivity index is 2.16. The van der Waals surface area contributed by atoms with Crippen LogP contribution in [-0.2, 0) is 16.0 Å². The number of aryl methyl sites for hydroxylation is 1. The van der Waals surface area contributed by atoms with Crippen molar-refractivity contribution >= 4 is 17.5 Å². The van der Waals surface area contributed by atoms with Crippen molar-refractivity contribution in [2.24, 2.45) is 5.41 Å². The van der Waals surface area contributed by atoms with Crippen molar-refractivity contribution in [3.05, 3.63) is 34.9 Å². The van der Waals surface area contributed by atoms with Crippen LogP contribution in [0.1, 0.15) is 163 Å². The quantitative estimate of drug-likeness (QED) is 0.0901. The third-order valence-corrected chi connectivity index (χ3v) is 8.34. The van der Waals surface area contributed by atoms with E-state index < -0.39 is 23.3 Å². The molecule has 2 unspecified atom stereocenters. The van der Waals surface area contributed by atoms with Crippen LogP contribution in [-0.4, -0.2) is 35.4 Å². The number of fused-ring (bicyclic) bond motifs is 1. The van der Waals surface area contributed by atoms with E-state index in [1.54, 1.807) is 6.07 Å². The third kappa shape index (κ3) is 9.27. The molecule has 0 heterocycles. The number of esters is 1. The summed E-state index contributed by atoms with van der Waals surface area (Å²) in [4.78, 5) is 41.0. The Hall–Kier alpha value is -2.01. The van der Waals surface area contributed by atoms with Gasteiger partial charge in [0.25, 0.3) is 0 Å². The average molecular weight is 543 g/mol. The lowest BCUT2D eigenvalue weighted by atomic mass is 9.72. The van der Waals surface area contributed by atoms with E-state index >= 15 is 0 Å². The van der Waals surface area contributed by atoms with Crippen LogP contribution in [0.15, 0.2) is 18.2 Å². The van der Waals surface area contributed by atoms with Crippen molar-refractivity contribution in [2.45, 2.75) is 149 Å². The first-order chi connectivity index (χ1) is 18.9. The van der Waals surface area contributed by atoms with Crippen molar-refractivity contribution in [3.8, 4) is 0 Å². The van der Waals surface area contributed by atoms with Gasteiger partial charge in [0.2, 0.25) is 0 Å². The fourth-order valence-electron chi connectivity index (χ4n) is 5.88. The second-order valence-electron chi connectivity index (χ2n) is 11.5. The largest absolute Gasteiger partial charge is 0.464 e. The van der Waals surface area contributed by atoms with E-state index in [0.717, 1.165) is 76.2 Å². The number of ketones is 2. The molecule has 0 aromatic heterocycles. The van der Waals surface area contributed by atoms with Crippen LogP contribution in [0.3, 0.4) is 0 Å². The molecule has 5 nitrogen and oxygen atoms in total. The van der Waals surface area contributed by atoms with Crippen molar-refractivity contribution < 1.29 is 24.2 Å². The van der Waals surface area contributed by atoms with E-state index in [0.29, 0.717) is 17.5 Å². The van der Waals surface area contributed by atoms with Gasteiger partial charge in [0, 0.05) is 11.1 Å². The fraction of sp³-hybridized carbons (Fsp3) is 0.735. The first-order valence-corrected chi connectivity index (χ1v) is 16.0. The van der Waals surface area contributed by atoms with Gasteiger partial charge >= 0.3 is 5.97 Å². The number of rotatable bonds is 22. The van der Waals surface area contributed by atoms with Gasteiger partial charge in [-0.05, 0) is 31.2 Å². The minimum atomic E-state index is -1.78. The summed E-state index contributed by atoms with van der Waals surface area (Å²) in [6.45, 7) is 6.71. The maximum absolute atomic E-state index is 14.1. The highest BCUT2D eigenvalue weighted by atomic mass is 16.5. The molecule has 1 aromatic carbocycles. The predicted octanol–water partition coefficient (Wildman–Crippen LogP) is 8.58. The van der Waals surface area contributed by atoms with E-state index in [1.807, 2.05) is 12.1 Å². The van der Waals surface area contributed by atoms with Gasteiger partial charge in [0.1, 0.15) is 5.41 Å². The van der Waals surface area contributed by atoms with Crippen molar-refractivity contribution in [1.82, 2.24) is 0 Å². The SMILES string of the molecule is CCCCCCCCOC(=O)C(O)C1(CCCCCCC)C(=O)c2cccc(CCCCCCCC)c2C1=O. The van der Waals surface area contributed by atoms with E-state index in [9.17, 15) is 19.5 Å². The molecule has 2 atom stereocenters. The number of unbranched alkanes of at least 4 members (excludes halogenated alkanes) is 14. The highest BCUT2D eigenvalue weighted by Gasteiger charge is 2.60. The molecule has 1 aliphatic rings. The second kappa shape index (κ2) is 18.4. The Morgan fingerprint density at radius 3 is 1.90 bits per heavy atom. The number of aliphatic hydroxyl groups is 1. The molecule has 5 heteroatoms. The van der Waals surface area contributed by atoms with E-state index in [-0.39, 0.29) is 18.8 Å². The third-order valence-electron chi connectivity index (χ3n) is 8.34. The molecule has 0 amide bonds. The molecule has 1 aromatic rings. The Morgan fingerprint density at radius 2 is 1.28 bits per heavy atom. The number of carbonyl (C=O) groups excluding carboxylic acids is 3. The second-order valence-corrected chi connectivity index (χ2v) is 11.5. The van der Waals surface area contributed by atoms with Crippen LogP contribution in [0, 0.1) is 5.41 Å². The van der Waals surface area contributed by atoms with Crippen LogP contribution < -0.4 is 0 Å². The van der Waals surface area contributed by atoms with E-state index in [4.69, 9.17) is 4.74 Å². The highest BCUT2D eigenvalue weighted by molar-refractivity contribution is 6.31. The molecule has 39 heavy (non-hydrogen) atoms. The maximum Gasteiger partial charge on any atom is 0.336 e. The Labute approximate surface area is 237 Å². The van der Waals surface area contributed by atoms with Gasteiger partial charge < -0.3 is 9.84 Å². The standard InChI is InChI=1S/C34H54O5/c1-4-7-10-13-15-18-22-27-23-21-24-28-29(27)31(36)34(30(28)35,25-19-16-12-9-6-3)32(37)33(38)39-26-20-17-14-11-8-5-2/h21,23-24,32,37H,4-20,22,25-26H2,1-3H3. The summed E-state index contributed by atoms with van der Waals surface area (Å²) in [5.41, 5.74) is -0.127. The molecule has 0 bridgehead atoms. The Morgan fingerprint density at radius 1 is 0.744 bits per heavy atom. The molecule has 2 rings (SSSR count). The smallest absolute Gasteiger partial charge is 0.336 e. The monoisotopic (exact) mass is 542 g/mol. The minimum Gasteiger partial charge on any atom is -0.464 e. The lowest BCUT2D eigenvalue weighted by molar-refractivity contribution is -0.158. The van der Waals surface area contributed by atoms with Crippen molar-refractivity contribution in [2.75, 3.05) is 6.61 Å². The number of aliphatic hydroxyl groups excluding tert-OH is 1. The number of hydrogen-bond acceptors (Lipinski definition) is 5. The van der Waals surface area contributed by atoms with Gasteiger partial charge in [-0.2, -0.15) is 0 Å². The zero-order chi connectivity index (χ0) is 28.5. The molecule has 220 valence electrons. The van der Waals surface area contributed by atoms with Crippen LogP contribution in [0.2, 0.25) is 0 Å². The van der Waals surface area contributed by atoms with Crippen LogP contribution in [0.4, 0.5) is 0 Å². The highest BCUT2D eigenvalue weighted by Crippen LogP contribution is 2.45. The summed E-state index contributed by atoms with van der Waals surface area (Å²) in [5.74, 6) is -1.64. The average Bonchev–Trinajstić information content (AvgIpc) is 3.16. The molecule has 0 saturated heterocycles. The summed E-state index contributed by atoms with van der Waals surface area (Å²) < 4.78 is 5.44. The number of hydrogen-bond donors (Lipinski definition) is 1. The molecular weight excluding hydrogens is 488 g/mol. The Kier molecular flexibility index (Phi) is 15.6. The van der Waals surface area contributed by atoms with Crippen molar-refractivity contribution in [3.63, 3.8) is 0 Å². The van der Waals surface area contributed by atoms with Gasteiger partial charge in [-0.3, -0.25) is 9.59 Å². The first-order valence-electron chi connectivity index (χ1n) is 16.0. The lowest BCUT2D eigenvalue weighted by Gasteiger charge is -2.30. The minimum absolute atomic E-state index is 0.173. The summed E-state index contributed by atoms with van der Waals surface area (Å²) in [6.07, 6.45) is 16.9. The molecule has 0 aliphatic heterocycles. The molecule has 1 N–H and O–H groups in total. The van der Waals surface area contributed by atoms with Gasteiger partial charge in [0.15, 0.2) is 17.7 Å². The normalized spacial score (nSPS) is 17.4. The first kappa shape index (κ1) is 33.2. The maximum atomic E-state index is 14.1. The fourth-order valence-corrected chi connectivity index (χ4v) is 5.88. The molecule has 0 radical (unpaired) electrons. The predicted molar refractivity (Wildman–Crippen MR) is 158 cm³/mol. The van der Waals surface area contributed by atoms with Crippen molar-refractivity contribution in [1.29, 1.82) is 0 Å². The molecule has 0 spiro atoms. The summed E-state index contributed by atoms with van der Waals surface area (Å²) >= 11 is 0. The van der Waals surface area contributed by atoms with Crippen LogP contribution >= 0.6 is 0 Å². The van der Waals surface area contributed by atoms with Gasteiger partial charge in [0.05, 0.1) is 6.61 Å². The molecule has 0 saturated carbocycles. The van der Waals surface area contributed by atoms with Crippen LogP contribution in [0.5, 0.6) is 0 Å². The zero-order valence-corrected chi connectivity index (χ0v) is 25.0. The number of Topliss-reactive ketones (excluding diaryl/α,β-unsaturated/α-hetero) is 2. The number of carbonyl (C=O) groups is 3. The lowest BCUT2D eigenvalue weighted by Crippen LogP contribution is -2.49. The van der Waals surface area contributed by atoms with Gasteiger partial charge in [-0.1, -0.05) is 135 Å². The van der Waals surface area contributed by atoms with Crippen LogP contribution in [0.25, 0.3) is 0 Å². The summed E-state index contributed by atoms with van der Waals surface area (Å²) in [7, 11) is 0. The molecule has 1 aliphatic carbocycles. The summed E-state index contributed by atoms with van der Waals surface area (Å²) in [5, 5.41) is 11.3. The summed E-state index contributed by atoms with van der Waals surface area (Å²) in [6, 6.07) is 5.45. The number of ether oxygens (including phenoxy) is 1. The van der Waals surface area contributed by atoms with Gasteiger partial charge in [-0.25, -0.2) is 4.79 Å². The topological polar surface area (TPSA) is 80.7 Å². The number of benzene rings is 1.